The van der Waals surface area contributed by atoms with Gasteiger partial charge in [0, 0.05) is 46.7 Å². The second kappa shape index (κ2) is 42.2. The predicted octanol–water partition coefficient (Wildman–Crippen LogP) is -4.57. The van der Waals surface area contributed by atoms with Crippen molar-refractivity contribution in [2.45, 2.75) is 199 Å². The number of aromatic hydroxyl groups is 1. The number of aliphatic hydroxyl groups excluding tert-OH is 3. The molecule has 1 aromatic carbocycles. The van der Waals surface area contributed by atoms with E-state index in [9.17, 15) is 78.0 Å². The minimum atomic E-state index is -2.14. The highest BCUT2D eigenvalue weighted by atomic mass is 16.5. The summed E-state index contributed by atoms with van der Waals surface area (Å²) >= 11 is 0. The van der Waals surface area contributed by atoms with Gasteiger partial charge >= 0.3 is 5.97 Å². The number of cyclic esters (lactones) is 1. The highest BCUT2D eigenvalue weighted by molar-refractivity contribution is 6.00. The molecule has 19 N–H and O–H groups in total. The number of allylic oxidation sites excluding steroid dienone is 3. The van der Waals surface area contributed by atoms with Crippen LogP contribution < -0.4 is 65.1 Å². The van der Waals surface area contributed by atoms with Gasteiger partial charge < -0.3 is 109 Å². The van der Waals surface area contributed by atoms with Crippen LogP contribution in [0.25, 0.3) is 0 Å². The second-order valence-corrected chi connectivity index (χ2v) is 25.8. The SMILES string of the molecule is CCC(C)/C=C(C)/C=C\C(O)CC(=O)N[C@H](CO)C(=O)N[C@H](C(=O)N[C@H](C(=O)N[C@H](C(=O)N[C@H]1C(=O)N[C@H](COC)C(=O)NCC(=O)N[C@@H](CC(C)C)C(=O)N(C)[C@@H](CCC(N)=O)C(=O)N[C@H]([C@H](OC)c2ccc(O)cc2)C(=O)N(C)[C@@H](C)C(=O)O[C@@H]1C)[C@@H](C)[C@@H](C)C(N)=O)[C@H](C)N)[C@@H](C)O. The Balaban J connectivity index is 2.81. The molecule has 1 fully saturated rings. The molecule has 0 bridgehead atoms. The number of carbonyl (C=O) groups excluding carboxylic acids is 14. The average Bonchev–Trinajstić information content (AvgIpc) is 0.817. The van der Waals surface area contributed by atoms with Crippen LogP contribution in [-0.4, -0.2) is 246 Å². The van der Waals surface area contributed by atoms with Gasteiger partial charge in [-0.05, 0) is 82.9 Å². The number of nitrogens with one attached hydrogen (secondary N) is 9. The van der Waals surface area contributed by atoms with E-state index < -0.39 is 224 Å². The summed E-state index contributed by atoms with van der Waals surface area (Å²) in [5, 5.41) is 63.0. The van der Waals surface area contributed by atoms with Crippen molar-refractivity contribution in [3.05, 3.63) is 53.6 Å². The van der Waals surface area contributed by atoms with Crippen molar-refractivity contribution in [2.24, 2.45) is 40.9 Å². The van der Waals surface area contributed by atoms with Crippen LogP contribution in [0.15, 0.2) is 48.1 Å². The molecule has 0 radical (unpaired) electrons. The molecular formula is C66H106N14O21. The first kappa shape index (κ1) is 87.9. The van der Waals surface area contributed by atoms with Crippen LogP contribution in [0.4, 0.5) is 0 Å². The highest BCUT2D eigenvalue weighted by Crippen LogP contribution is 2.26. The van der Waals surface area contributed by atoms with Crippen molar-refractivity contribution in [3.8, 4) is 5.75 Å². The van der Waals surface area contributed by atoms with Gasteiger partial charge in [-0.15, -0.1) is 0 Å². The molecule has 18 atom stereocenters. The molecule has 0 aromatic heterocycles. The number of amides is 13. The molecule has 566 valence electrons. The molecule has 35 heteroatoms. The lowest BCUT2D eigenvalue weighted by molar-refractivity contribution is -0.161. The van der Waals surface area contributed by atoms with Crippen LogP contribution in [-0.2, 0) is 81.3 Å². The van der Waals surface area contributed by atoms with E-state index in [1.54, 1.807) is 26.8 Å². The largest absolute Gasteiger partial charge is 0.508 e. The van der Waals surface area contributed by atoms with E-state index in [1.807, 2.05) is 19.9 Å². The van der Waals surface area contributed by atoms with Crippen LogP contribution in [0.2, 0.25) is 0 Å². The second-order valence-electron chi connectivity index (χ2n) is 25.8. The monoisotopic (exact) mass is 1430 g/mol. The number of rotatable bonds is 31. The fourth-order valence-corrected chi connectivity index (χ4v) is 10.4. The van der Waals surface area contributed by atoms with Crippen molar-refractivity contribution in [1.82, 2.24) is 57.7 Å². The summed E-state index contributed by atoms with van der Waals surface area (Å²) in [6.45, 7) is 13.9. The molecule has 101 heavy (non-hydrogen) atoms. The summed E-state index contributed by atoms with van der Waals surface area (Å²) in [6.07, 6.45) is -2.02. The van der Waals surface area contributed by atoms with Crippen molar-refractivity contribution in [2.75, 3.05) is 48.1 Å². The molecule has 1 aromatic rings. The van der Waals surface area contributed by atoms with Gasteiger partial charge in [-0.3, -0.25) is 62.3 Å². The lowest BCUT2D eigenvalue weighted by Crippen LogP contribution is -2.66. The number of hydrogen-bond acceptors (Lipinski definition) is 22. The third-order valence-electron chi connectivity index (χ3n) is 17.0. The maximum Gasteiger partial charge on any atom is 0.328 e. The third-order valence-corrected chi connectivity index (χ3v) is 17.0. The number of likely N-dealkylation sites (N-methyl/N-ethyl adjacent to an activating group) is 2. The first-order valence-corrected chi connectivity index (χ1v) is 33.1. The minimum absolute atomic E-state index is 0.0471. The number of carbonyl (C=O) groups is 14. The lowest BCUT2D eigenvalue weighted by atomic mass is 9.87. The predicted molar refractivity (Wildman–Crippen MR) is 363 cm³/mol. The van der Waals surface area contributed by atoms with Crippen LogP contribution in [0.5, 0.6) is 5.75 Å². The number of hydrogen-bond donors (Lipinski definition) is 16. The number of methoxy groups -OCH3 is 2. The van der Waals surface area contributed by atoms with E-state index >= 15 is 9.59 Å². The van der Waals surface area contributed by atoms with Crippen LogP contribution >= 0.6 is 0 Å². The Labute approximate surface area is 587 Å². The van der Waals surface area contributed by atoms with Gasteiger partial charge in [0.1, 0.15) is 78.4 Å². The molecule has 1 aliphatic heterocycles. The fourth-order valence-electron chi connectivity index (χ4n) is 10.4. The quantitative estimate of drug-likeness (QED) is 0.0246. The van der Waals surface area contributed by atoms with E-state index in [0.29, 0.717) is 0 Å². The molecule has 2 unspecified atom stereocenters. The van der Waals surface area contributed by atoms with E-state index in [4.69, 9.17) is 31.4 Å². The zero-order valence-corrected chi connectivity index (χ0v) is 60.0. The summed E-state index contributed by atoms with van der Waals surface area (Å²) in [5.41, 5.74) is 18.5. The minimum Gasteiger partial charge on any atom is -0.508 e. The zero-order valence-electron chi connectivity index (χ0n) is 60.0. The fraction of sp³-hybridized carbons (Fsp3) is 0.636. The van der Waals surface area contributed by atoms with Gasteiger partial charge in [0.05, 0.1) is 38.4 Å². The first-order valence-electron chi connectivity index (χ1n) is 33.1. The maximum absolute atomic E-state index is 15.0. The maximum atomic E-state index is 15.0. The van der Waals surface area contributed by atoms with E-state index in [1.165, 1.54) is 72.2 Å². The molecule has 1 saturated heterocycles. The summed E-state index contributed by atoms with van der Waals surface area (Å²) in [6, 6.07) is -14.0. The lowest BCUT2D eigenvalue weighted by Gasteiger charge is -2.36. The van der Waals surface area contributed by atoms with Crippen molar-refractivity contribution >= 4 is 82.8 Å². The van der Waals surface area contributed by atoms with Crippen molar-refractivity contribution in [3.63, 3.8) is 0 Å². The molecule has 2 rings (SSSR count). The van der Waals surface area contributed by atoms with Crippen molar-refractivity contribution < 1.29 is 102 Å². The number of primary amides is 2. The van der Waals surface area contributed by atoms with Crippen LogP contribution in [0, 0.1) is 23.7 Å². The standard InChI is InChI=1S/C66H106N14O21/c1-16-32(4)26-33(5)17-20-42(84)27-48(86)72-44(29-81)58(90)76-52(38(10)82)62(94)75-51(36(8)67)61(93)74-50(34(6)35(7)56(69)88)60(92)77-53-39(11)101-66(98)37(9)79(12)65(97)54(55(100-15)40-18-21-41(83)22-19-40)78-59(91)46(23-24-47(68)85)80(13)64(96)43(25-31(2)3)71-49(87)28-70-57(89)45(30-99-14)73-63(53)95/h17-22,26,31-32,34-39,42-46,50-55,81-84H,16,23-25,27-30,67H2,1-15H3,(H2,68,85)(H2,69,88)(H,70,89)(H,71,87)(H,72,86)(H,73,95)(H,74,93)(H,75,94)(H,76,90)(H,77,92)(H,78,91)/b20-17-,33-26+/t32?,34-,35+,36-,37-,38+,39+,42?,43-,44+,45+,46-,50-,51-,52-,53+,54+,55+/m0/s1. The Morgan fingerprint density at radius 3 is 1.89 bits per heavy atom. The molecule has 0 aliphatic carbocycles. The number of phenols is 1. The summed E-state index contributed by atoms with van der Waals surface area (Å²) in [7, 11) is 4.66. The van der Waals surface area contributed by atoms with E-state index in [0.717, 1.165) is 49.8 Å². The number of benzene rings is 1. The van der Waals surface area contributed by atoms with Gasteiger partial charge in [0.15, 0.2) is 0 Å². The zero-order chi connectivity index (χ0) is 77.0. The van der Waals surface area contributed by atoms with Gasteiger partial charge in [-0.25, -0.2) is 4.79 Å². The molecule has 0 spiro atoms. The Hall–Kier alpha value is -9.16. The highest BCUT2D eigenvalue weighted by Gasteiger charge is 2.44. The molecule has 13 amide bonds. The van der Waals surface area contributed by atoms with Crippen LogP contribution in [0.3, 0.4) is 0 Å². The molecule has 1 aliphatic rings. The topological polar surface area (TPSA) is 540 Å². The van der Waals surface area contributed by atoms with E-state index in [-0.39, 0.29) is 29.6 Å². The van der Waals surface area contributed by atoms with Gasteiger partial charge in [-0.2, -0.15) is 0 Å². The first-order chi connectivity index (χ1) is 47.2. The summed E-state index contributed by atoms with van der Waals surface area (Å²) < 4.78 is 16.8. The Morgan fingerprint density at radius 2 is 1.36 bits per heavy atom. The Kier molecular flexibility index (Phi) is 36.7. The molecule has 35 nitrogen and oxygen atoms in total. The van der Waals surface area contributed by atoms with E-state index in [2.05, 4.69) is 47.9 Å². The molecule has 1 heterocycles. The van der Waals surface area contributed by atoms with Gasteiger partial charge in [0.25, 0.3) is 0 Å². The number of ether oxygens (including phenoxy) is 3. The van der Waals surface area contributed by atoms with Gasteiger partial charge in [0.2, 0.25) is 76.8 Å². The van der Waals surface area contributed by atoms with Crippen molar-refractivity contribution in [1.29, 1.82) is 0 Å². The van der Waals surface area contributed by atoms with Crippen LogP contribution in [0.1, 0.15) is 120 Å². The Bertz CT molecular complexity index is 3110. The Morgan fingerprint density at radius 1 is 0.762 bits per heavy atom. The number of phenolic OH excluding ortho intramolecular Hbond substituents is 1. The third kappa shape index (κ3) is 27.7. The smallest absolute Gasteiger partial charge is 0.328 e. The number of nitrogens with zero attached hydrogens (tertiary/aromatic N) is 2. The molecular weight excluding hydrogens is 1320 g/mol. The molecule has 0 saturated carbocycles. The summed E-state index contributed by atoms with van der Waals surface area (Å²) in [5.74, 6) is -18.3. The summed E-state index contributed by atoms with van der Waals surface area (Å²) in [4.78, 5) is 198. The number of nitrogens with two attached hydrogens (primary N) is 3. The van der Waals surface area contributed by atoms with Gasteiger partial charge in [-0.1, -0.05) is 83.9 Å². The number of esters is 1. The number of aliphatic hydroxyl groups is 3. The normalized spacial score (nSPS) is 23.0. The average molecular weight is 1430 g/mol.